The molecule has 7 heteroatoms. The molecule has 128 valence electrons. The fraction of sp³-hybridized carbons (Fsp3) is 0.471. The summed E-state index contributed by atoms with van der Waals surface area (Å²) in [6.45, 7) is 3.02. The number of ether oxygens (including phenoxy) is 2. The van der Waals surface area contributed by atoms with Crippen molar-refractivity contribution in [2.45, 2.75) is 31.8 Å². The number of carbonyl (C=O) groups excluding carboxylic acids is 2. The summed E-state index contributed by atoms with van der Waals surface area (Å²) in [5, 5.41) is 0.417. The Morgan fingerprint density at radius 2 is 2.08 bits per heavy atom. The SMILES string of the molecule is CC(CC(=O)N1CCOC1=O)N1C(=S)OC[C@@H]1Cc1ccccc1. The molecule has 2 aliphatic heterocycles. The summed E-state index contributed by atoms with van der Waals surface area (Å²) in [7, 11) is 0. The number of amides is 2. The van der Waals surface area contributed by atoms with Crippen LogP contribution in [0.2, 0.25) is 0 Å². The second kappa shape index (κ2) is 7.17. The number of rotatable bonds is 5. The number of nitrogens with zero attached hydrogens (tertiary/aromatic N) is 2. The summed E-state index contributed by atoms with van der Waals surface area (Å²) in [5.41, 5.74) is 1.20. The van der Waals surface area contributed by atoms with Crippen LogP contribution in [0.4, 0.5) is 4.79 Å². The Hall–Kier alpha value is -2.15. The molecular weight excluding hydrogens is 328 g/mol. The highest BCUT2D eigenvalue weighted by molar-refractivity contribution is 7.80. The largest absolute Gasteiger partial charge is 0.469 e. The van der Waals surface area contributed by atoms with Crippen molar-refractivity contribution in [3.05, 3.63) is 35.9 Å². The first-order valence-electron chi connectivity index (χ1n) is 8.02. The summed E-state index contributed by atoms with van der Waals surface area (Å²) in [6, 6.07) is 10.1. The van der Waals surface area contributed by atoms with E-state index in [0.29, 0.717) is 18.3 Å². The first kappa shape index (κ1) is 16.7. The Morgan fingerprint density at radius 1 is 1.33 bits per heavy atom. The van der Waals surface area contributed by atoms with Gasteiger partial charge in [0.1, 0.15) is 13.2 Å². The summed E-state index contributed by atoms with van der Waals surface area (Å²) in [4.78, 5) is 26.9. The molecule has 0 radical (unpaired) electrons. The van der Waals surface area contributed by atoms with E-state index >= 15 is 0 Å². The molecule has 0 bridgehead atoms. The molecule has 2 fully saturated rings. The summed E-state index contributed by atoms with van der Waals surface area (Å²) < 4.78 is 10.4. The zero-order valence-electron chi connectivity index (χ0n) is 13.5. The van der Waals surface area contributed by atoms with Gasteiger partial charge >= 0.3 is 6.09 Å². The Bertz CT molecular complexity index is 637. The van der Waals surface area contributed by atoms with Crippen LogP contribution in [0.3, 0.4) is 0 Å². The van der Waals surface area contributed by atoms with Gasteiger partial charge in [0.15, 0.2) is 0 Å². The molecule has 1 aromatic carbocycles. The van der Waals surface area contributed by atoms with Gasteiger partial charge in [-0.05, 0) is 31.1 Å². The lowest BCUT2D eigenvalue weighted by Gasteiger charge is -2.30. The zero-order valence-corrected chi connectivity index (χ0v) is 14.3. The molecule has 2 amide bonds. The van der Waals surface area contributed by atoms with Crippen molar-refractivity contribution < 1.29 is 19.1 Å². The standard InChI is InChI=1S/C17H20N2O4S/c1-12(9-15(20)18-7-8-22-16(18)21)19-14(11-23-17(19)24)10-13-5-3-2-4-6-13/h2-6,12,14H,7-11H2,1H3/t12?,14-/m0/s1. The predicted molar refractivity (Wildman–Crippen MR) is 91.5 cm³/mol. The lowest BCUT2D eigenvalue weighted by atomic mass is 10.0. The molecular formula is C17H20N2O4S. The Morgan fingerprint density at radius 3 is 2.75 bits per heavy atom. The van der Waals surface area contributed by atoms with Crippen molar-refractivity contribution in [3.8, 4) is 0 Å². The number of thiocarbonyl (C=S) groups is 1. The van der Waals surface area contributed by atoms with Crippen LogP contribution in [0.25, 0.3) is 0 Å². The Kier molecular flexibility index (Phi) is 4.99. The van der Waals surface area contributed by atoms with Gasteiger partial charge in [-0.1, -0.05) is 30.3 Å². The van der Waals surface area contributed by atoms with Crippen LogP contribution in [0.15, 0.2) is 30.3 Å². The van der Waals surface area contributed by atoms with Crippen molar-refractivity contribution in [3.63, 3.8) is 0 Å². The summed E-state index contributed by atoms with van der Waals surface area (Å²) in [5.74, 6) is -0.238. The molecule has 2 saturated heterocycles. The van der Waals surface area contributed by atoms with E-state index in [4.69, 9.17) is 21.7 Å². The van der Waals surface area contributed by atoms with Crippen LogP contribution in [0.5, 0.6) is 0 Å². The zero-order chi connectivity index (χ0) is 17.1. The van der Waals surface area contributed by atoms with Gasteiger partial charge in [-0.25, -0.2) is 9.69 Å². The predicted octanol–water partition coefficient (Wildman–Crippen LogP) is 1.97. The van der Waals surface area contributed by atoms with Gasteiger partial charge < -0.3 is 14.4 Å². The molecule has 0 aliphatic carbocycles. The molecule has 24 heavy (non-hydrogen) atoms. The molecule has 3 rings (SSSR count). The topological polar surface area (TPSA) is 59.1 Å². The van der Waals surface area contributed by atoms with Gasteiger partial charge in [0.05, 0.1) is 12.6 Å². The van der Waals surface area contributed by atoms with Crippen LogP contribution in [-0.4, -0.2) is 58.8 Å². The van der Waals surface area contributed by atoms with Gasteiger partial charge in [-0.2, -0.15) is 0 Å². The molecule has 0 aromatic heterocycles. The lowest BCUT2D eigenvalue weighted by molar-refractivity contribution is -0.128. The smallest absolute Gasteiger partial charge is 0.416 e. The quantitative estimate of drug-likeness (QED) is 0.759. The van der Waals surface area contributed by atoms with Crippen molar-refractivity contribution in [1.82, 2.24) is 9.80 Å². The Balaban J connectivity index is 1.65. The molecule has 0 spiro atoms. The van der Waals surface area contributed by atoms with Gasteiger partial charge in [0, 0.05) is 12.5 Å². The van der Waals surface area contributed by atoms with Gasteiger partial charge in [0.2, 0.25) is 5.91 Å². The van der Waals surface area contributed by atoms with E-state index in [9.17, 15) is 9.59 Å². The molecule has 1 aromatic rings. The van der Waals surface area contributed by atoms with Crippen molar-refractivity contribution in [2.24, 2.45) is 0 Å². The maximum Gasteiger partial charge on any atom is 0.416 e. The monoisotopic (exact) mass is 348 g/mol. The summed E-state index contributed by atoms with van der Waals surface area (Å²) in [6.07, 6.45) is 0.433. The highest BCUT2D eigenvalue weighted by atomic mass is 32.1. The first-order chi connectivity index (χ1) is 11.6. The van der Waals surface area contributed by atoms with Crippen LogP contribution in [0.1, 0.15) is 18.9 Å². The molecule has 6 nitrogen and oxygen atoms in total. The maximum absolute atomic E-state index is 12.3. The number of carbonyl (C=O) groups is 2. The normalized spacial score (nSPS) is 21.6. The average molecular weight is 348 g/mol. The Labute approximate surface area is 146 Å². The molecule has 0 saturated carbocycles. The van der Waals surface area contributed by atoms with Crippen LogP contribution in [0, 0.1) is 0 Å². The van der Waals surface area contributed by atoms with E-state index in [0.717, 1.165) is 11.3 Å². The van der Waals surface area contributed by atoms with E-state index in [2.05, 4.69) is 12.1 Å². The second-order valence-corrected chi connectivity index (χ2v) is 6.39. The molecule has 2 atom stereocenters. The van der Waals surface area contributed by atoms with E-state index in [-0.39, 0.29) is 31.0 Å². The molecule has 0 N–H and O–H groups in total. The molecule has 2 aliphatic rings. The highest BCUT2D eigenvalue weighted by Gasteiger charge is 2.36. The van der Waals surface area contributed by atoms with Gasteiger partial charge in [0.25, 0.3) is 5.17 Å². The number of hydrogen-bond acceptors (Lipinski definition) is 5. The fourth-order valence-corrected chi connectivity index (χ4v) is 3.53. The fourth-order valence-electron chi connectivity index (χ4n) is 3.14. The van der Waals surface area contributed by atoms with Gasteiger partial charge in [-0.3, -0.25) is 4.79 Å². The van der Waals surface area contributed by atoms with Crippen molar-refractivity contribution in [2.75, 3.05) is 19.8 Å². The minimum atomic E-state index is -0.562. The van der Waals surface area contributed by atoms with E-state index in [1.165, 1.54) is 5.56 Å². The highest BCUT2D eigenvalue weighted by Crippen LogP contribution is 2.22. The minimum Gasteiger partial charge on any atom is -0.469 e. The molecule has 1 unspecified atom stereocenters. The van der Waals surface area contributed by atoms with Crippen LogP contribution >= 0.6 is 12.2 Å². The van der Waals surface area contributed by atoms with E-state index in [1.54, 1.807) is 0 Å². The minimum absolute atomic E-state index is 0.0910. The van der Waals surface area contributed by atoms with Crippen molar-refractivity contribution in [1.29, 1.82) is 0 Å². The third-order valence-corrected chi connectivity index (χ3v) is 4.65. The maximum atomic E-state index is 12.3. The lowest BCUT2D eigenvalue weighted by Crippen LogP contribution is -2.44. The number of cyclic esters (lactones) is 1. The average Bonchev–Trinajstić information content (AvgIpc) is 3.14. The molecule has 2 heterocycles. The first-order valence-corrected chi connectivity index (χ1v) is 8.43. The van der Waals surface area contributed by atoms with Gasteiger partial charge in [-0.15, -0.1) is 0 Å². The third kappa shape index (κ3) is 3.51. The van der Waals surface area contributed by atoms with Crippen LogP contribution < -0.4 is 0 Å². The van der Waals surface area contributed by atoms with Crippen LogP contribution in [-0.2, 0) is 20.7 Å². The van der Waals surface area contributed by atoms with E-state index < -0.39 is 6.09 Å². The van der Waals surface area contributed by atoms with E-state index in [1.807, 2.05) is 30.0 Å². The third-order valence-electron chi connectivity index (χ3n) is 4.32. The van der Waals surface area contributed by atoms with Crippen molar-refractivity contribution >= 4 is 29.4 Å². The number of benzene rings is 1. The second-order valence-electron chi connectivity index (χ2n) is 6.04. The summed E-state index contributed by atoms with van der Waals surface area (Å²) >= 11 is 5.31. The number of hydrogen-bond donors (Lipinski definition) is 0. The number of imide groups is 1.